The van der Waals surface area contributed by atoms with E-state index in [1.54, 1.807) is 0 Å². The van der Waals surface area contributed by atoms with E-state index < -0.39 is 0 Å². The Morgan fingerprint density at radius 2 is 1.05 bits per heavy atom. The van der Waals surface area contributed by atoms with Crippen LogP contribution in [-0.4, -0.2) is 53.2 Å². The summed E-state index contributed by atoms with van der Waals surface area (Å²) >= 11 is 0. The monoisotopic (exact) mass is 534 g/mol. The molecule has 0 unspecified atom stereocenters. The van der Waals surface area contributed by atoms with Gasteiger partial charge < -0.3 is 5.11 Å². The molecule has 3 nitrogen and oxygen atoms in total. The number of amidine groups is 1. The third-order valence-electron chi connectivity index (χ3n) is 8.43. The first-order valence-electron chi connectivity index (χ1n) is 17.4. The van der Waals surface area contributed by atoms with Crippen LogP contribution in [0, 0.1) is 0 Å². The number of aliphatic hydroxyl groups excluding tert-OH is 1. The van der Waals surface area contributed by atoms with Crippen molar-refractivity contribution in [1.82, 2.24) is 4.90 Å². The van der Waals surface area contributed by atoms with Gasteiger partial charge in [-0.25, -0.2) is 0 Å². The second kappa shape index (κ2) is 27.7. The maximum atomic E-state index is 9.52. The number of unbranched alkanes of at least 4 members (excludes halogenated alkanes) is 21. The fraction of sp³-hybridized carbons (Fsp3) is 0.914. The van der Waals surface area contributed by atoms with Gasteiger partial charge in [-0.15, -0.1) is 0 Å². The lowest BCUT2D eigenvalue weighted by Crippen LogP contribution is -2.32. The average molecular weight is 534 g/mol. The molecule has 0 aliphatic carbocycles. The predicted octanol–water partition coefficient (Wildman–Crippen LogP) is 10.1. The van der Waals surface area contributed by atoms with E-state index in [1.165, 1.54) is 173 Å². The fourth-order valence-corrected chi connectivity index (χ4v) is 5.94. The van der Waals surface area contributed by atoms with Gasteiger partial charge in [0.05, 0.1) is 13.2 Å². The van der Waals surface area contributed by atoms with Gasteiger partial charge in [0.25, 0.3) is 0 Å². The lowest BCUT2D eigenvalue weighted by molar-refractivity contribution is -0.519. The van der Waals surface area contributed by atoms with Crippen molar-refractivity contribution in [2.75, 3.05) is 32.8 Å². The zero-order chi connectivity index (χ0) is 27.4. The van der Waals surface area contributed by atoms with Crippen molar-refractivity contribution in [3.63, 3.8) is 0 Å². The topological polar surface area (TPSA) is 26.5 Å². The fourth-order valence-electron chi connectivity index (χ4n) is 5.94. The van der Waals surface area contributed by atoms with Crippen LogP contribution in [0.5, 0.6) is 0 Å². The maximum Gasteiger partial charge on any atom is 0.247 e. The van der Waals surface area contributed by atoms with E-state index in [0.717, 1.165) is 19.6 Å². The molecule has 0 saturated carbocycles. The van der Waals surface area contributed by atoms with Crippen molar-refractivity contribution in [2.45, 2.75) is 174 Å². The van der Waals surface area contributed by atoms with Gasteiger partial charge >= 0.3 is 0 Å². The van der Waals surface area contributed by atoms with E-state index in [9.17, 15) is 5.11 Å². The number of aliphatic hydroxyl groups is 1. The quantitative estimate of drug-likeness (QED) is 0.0588. The molecule has 0 amide bonds. The van der Waals surface area contributed by atoms with Crippen LogP contribution in [-0.2, 0) is 0 Å². The van der Waals surface area contributed by atoms with Crippen LogP contribution in [0.1, 0.15) is 174 Å². The summed E-state index contributed by atoms with van der Waals surface area (Å²) < 4.78 is 2.65. The number of hydrogen-bond acceptors (Lipinski definition) is 2. The molecule has 1 heterocycles. The van der Waals surface area contributed by atoms with Gasteiger partial charge in [0.1, 0.15) is 19.6 Å². The minimum Gasteiger partial charge on any atom is -0.392 e. The van der Waals surface area contributed by atoms with Crippen LogP contribution < -0.4 is 0 Å². The Labute approximate surface area is 239 Å². The van der Waals surface area contributed by atoms with Gasteiger partial charge in [0.15, 0.2) is 0 Å². The Kier molecular flexibility index (Phi) is 25.7. The predicted molar refractivity (Wildman–Crippen MR) is 170 cm³/mol. The van der Waals surface area contributed by atoms with Crippen LogP contribution >= 0.6 is 0 Å². The zero-order valence-corrected chi connectivity index (χ0v) is 26.2. The zero-order valence-electron chi connectivity index (χ0n) is 26.2. The van der Waals surface area contributed by atoms with E-state index in [-0.39, 0.29) is 6.61 Å². The third kappa shape index (κ3) is 20.1. The van der Waals surface area contributed by atoms with Crippen LogP contribution in [0.25, 0.3) is 0 Å². The maximum absolute atomic E-state index is 9.52. The van der Waals surface area contributed by atoms with Crippen molar-refractivity contribution in [2.24, 2.45) is 0 Å². The summed E-state index contributed by atoms with van der Waals surface area (Å²) in [6, 6.07) is 0. The molecular formula is C35H69N2O+. The molecule has 0 spiro atoms. The molecule has 0 aromatic carbocycles. The number of nitrogens with zero attached hydrogens (tertiary/aromatic N) is 2. The first-order chi connectivity index (χ1) is 18.8. The molecule has 1 N–H and O–H groups in total. The van der Waals surface area contributed by atoms with Crippen molar-refractivity contribution < 1.29 is 9.68 Å². The van der Waals surface area contributed by atoms with Crippen molar-refractivity contribution in [3.05, 3.63) is 12.2 Å². The second-order valence-electron chi connectivity index (χ2n) is 12.0. The van der Waals surface area contributed by atoms with E-state index in [0.29, 0.717) is 0 Å². The summed E-state index contributed by atoms with van der Waals surface area (Å²) in [6.07, 6.45) is 39.3. The number of hydrogen-bond donors (Lipinski definition) is 1. The normalized spacial score (nSPS) is 14.0. The molecule has 224 valence electrons. The first-order valence-corrected chi connectivity index (χ1v) is 17.4. The lowest BCUT2D eigenvalue weighted by atomic mass is 10.1. The summed E-state index contributed by atoms with van der Waals surface area (Å²) in [5.74, 6) is 1.53. The van der Waals surface area contributed by atoms with Crippen LogP contribution in [0.15, 0.2) is 12.2 Å². The third-order valence-corrected chi connectivity index (χ3v) is 8.43. The highest BCUT2D eigenvalue weighted by molar-refractivity contribution is 5.78. The average Bonchev–Trinajstić information content (AvgIpc) is 3.30. The van der Waals surface area contributed by atoms with Gasteiger partial charge in [-0.05, 0) is 44.9 Å². The van der Waals surface area contributed by atoms with Gasteiger partial charge in [-0.2, -0.15) is 0 Å². The first kappa shape index (κ1) is 35.2. The summed E-state index contributed by atoms with van der Waals surface area (Å²) in [4.78, 5) is 2.47. The smallest absolute Gasteiger partial charge is 0.247 e. The Balaban J connectivity index is 2.07. The lowest BCUT2D eigenvalue weighted by Gasteiger charge is -2.12. The second-order valence-corrected chi connectivity index (χ2v) is 12.0. The van der Waals surface area contributed by atoms with Gasteiger partial charge in [0, 0.05) is 6.42 Å². The van der Waals surface area contributed by atoms with Crippen molar-refractivity contribution >= 4 is 5.84 Å². The Bertz CT molecular complexity index is 556. The van der Waals surface area contributed by atoms with Crippen LogP contribution in [0.4, 0.5) is 0 Å². The van der Waals surface area contributed by atoms with Gasteiger partial charge in [-0.3, -0.25) is 9.48 Å². The summed E-state index contributed by atoms with van der Waals surface area (Å²) in [5, 5.41) is 9.52. The van der Waals surface area contributed by atoms with Gasteiger partial charge in [0.2, 0.25) is 5.84 Å². The van der Waals surface area contributed by atoms with Gasteiger partial charge in [-0.1, -0.05) is 135 Å². The molecule has 0 aromatic heterocycles. The van der Waals surface area contributed by atoms with Crippen molar-refractivity contribution in [3.8, 4) is 0 Å². The summed E-state index contributed by atoms with van der Waals surface area (Å²) in [5.41, 5.74) is 0. The molecule has 0 atom stereocenters. The molecule has 0 bridgehead atoms. The van der Waals surface area contributed by atoms with E-state index in [2.05, 4.69) is 35.5 Å². The van der Waals surface area contributed by atoms with Crippen LogP contribution in [0.3, 0.4) is 0 Å². The molecule has 38 heavy (non-hydrogen) atoms. The Morgan fingerprint density at radius 1 is 0.605 bits per heavy atom. The molecule has 0 aromatic rings. The SMILES string of the molecule is CCCCCCCCC=CCCCCCCCC[N+]1=C(CCCCCCCCCCCC)N(CCO)CC1. The minimum atomic E-state index is 0.281. The minimum absolute atomic E-state index is 0.281. The Morgan fingerprint density at radius 3 is 1.55 bits per heavy atom. The molecule has 0 fully saturated rings. The van der Waals surface area contributed by atoms with E-state index in [4.69, 9.17) is 0 Å². The molecule has 1 aliphatic rings. The number of rotatable bonds is 29. The molecule has 1 aliphatic heterocycles. The molecule has 0 radical (unpaired) electrons. The van der Waals surface area contributed by atoms with Crippen LogP contribution in [0.2, 0.25) is 0 Å². The van der Waals surface area contributed by atoms with E-state index in [1.807, 2.05) is 0 Å². The molecule has 1 rings (SSSR count). The number of allylic oxidation sites excluding steroid dienone is 2. The summed E-state index contributed by atoms with van der Waals surface area (Å²) in [6.45, 7) is 9.18. The Hall–Kier alpha value is -0.830. The molecule has 0 saturated heterocycles. The highest BCUT2D eigenvalue weighted by atomic mass is 16.3. The standard InChI is InChI=1S/C35H69N2O/c1-3-5-7-9-11-13-15-16-17-18-19-20-22-24-26-28-30-36-31-32-37(33-34-38)35(36)29-27-25-23-21-14-12-10-8-6-4-2/h16-17,38H,3-15,18-34H2,1-2H3/q+1. The number of β-amino-alcohol motifs (C(OH)–C–C–N with tert-alkyl or cyclic N) is 1. The molecular weight excluding hydrogens is 464 g/mol. The highest BCUT2D eigenvalue weighted by Gasteiger charge is 2.28. The summed E-state index contributed by atoms with van der Waals surface area (Å²) in [7, 11) is 0. The van der Waals surface area contributed by atoms with E-state index >= 15 is 0 Å². The highest BCUT2D eigenvalue weighted by Crippen LogP contribution is 2.15. The molecule has 3 heteroatoms. The van der Waals surface area contributed by atoms with Crippen molar-refractivity contribution in [1.29, 1.82) is 0 Å². The largest absolute Gasteiger partial charge is 0.392 e.